The quantitative estimate of drug-likeness (QED) is 0.888. The van der Waals surface area contributed by atoms with Crippen LogP contribution in [0.1, 0.15) is 12.5 Å². The van der Waals surface area contributed by atoms with E-state index in [0.29, 0.717) is 0 Å². The Bertz CT molecular complexity index is 364. The highest BCUT2D eigenvalue weighted by Gasteiger charge is 2.14. The predicted octanol–water partition coefficient (Wildman–Crippen LogP) is 2.49. The number of hydrogen-bond donors (Lipinski definition) is 1. The lowest BCUT2D eigenvalue weighted by Crippen LogP contribution is -2.33. The molecule has 0 radical (unpaired) electrons. The van der Waals surface area contributed by atoms with Crippen molar-refractivity contribution in [3.8, 4) is 0 Å². The van der Waals surface area contributed by atoms with E-state index in [4.69, 9.17) is 0 Å². The summed E-state index contributed by atoms with van der Waals surface area (Å²) in [5.41, 5.74) is 2.26. The molecule has 0 saturated carbocycles. The third kappa shape index (κ3) is 3.36. The van der Waals surface area contributed by atoms with Crippen LogP contribution in [0.5, 0.6) is 0 Å². The maximum atomic E-state index is 13.3. The summed E-state index contributed by atoms with van der Waals surface area (Å²) in [5.74, 6) is 2.18. The highest BCUT2D eigenvalue weighted by molar-refractivity contribution is 7.99. The van der Waals surface area contributed by atoms with E-state index < -0.39 is 0 Å². The largest absolute Gasteiger partial charge is 0.370 e. The zero-order valence-electron chi connectivity index (χ0n) is 10.2. The molecular weight excluding hydrogens is 235 g/mol. The Labute approximate surface area is 107 Å². The highest BCUT2D eigenvalue weighted by atomic mass is 32.2. The molecule has 17 heavy (non-hydrogen) atoms. The van der Waals surface area contributed by atoms with Crippen LogP contribution in [0.15, 0.2) is 18.2 Å². The standard InChI is InChI=1S/C13H19FN2S/c1-2-15-10-11-9-12(14)3-4-13(11)16-5-7-17-8-6-16/h3-4,9,15H,2,5-8,10H2,1H3. The van der Waals surface area contributed by atoms with Gasteiger partial charge in [0.2, 0.25) is 0 Å². The van der Waals surface area contributed by atoms with Crippen LogP contribution in [-0.4, -0.2) is 31.1 Å². The molecule has 2 rings (SSSR count). The molecule has 1 aromatic rings. The number of thioether (sulfide) groups is 1. The van der Waals surface area contributed by atoms with Gasteiger partial charge < -0.3 is 10.2 Å². The van der Waals surface area contributed by atoms with Gasteiger partial charge in [0, 0.05) is 36.8 Å². The minimum Gasteiger partial charge on any atom is -0.370 e. The first kappa shape index (κ1) is 12.7. The minimum absolute atomic E-state index is 0.145. The Kier molecular flexibility index (Phi) is 4.68. The molecule has 1 fully saturated rings. The normalized spacial score (nSPS) is 16.2. The van der Waals surface area contributed by atoms with Crippen LogP contribution in [0.25, 0.3) is 0 Å². The minimum atomic E-state index is -0.145. The van der Waals surface area contributed by atoms with E-state index in [2.05, 4.69) is 17.1 Å². The van der Waals surface area contributed by atoms with E-state index in [1.54, 1.807) is 12.1 Å². The van der Waals surface area contributed by atoms with Crippen molar-refractivity contribution in [1.29, 1.82) is 0 Å². The topological polar surface area (TPSA) is 15.3 Å². The molecule has 0 spiro atoms. The fraction of sp³-hybridized carbons (Fsp3) is 0.538. The smallest absolute Gasteiger partial charge is 0.123 e. The van der Waals surface area contributed by atoms with Crippen LogP contribution in [0.2, 0.25) is 0 Å². The average Bonchev–Trinajstić information content (AvgIpc) is 2.37. The maximum Gasteiger partial charge on any atom is 0.123 e. The van der Waals surface area contributed by atoms with Crippen molar-refractivity contribution in [3.05, 3.63) is 29.6 Å². The summed E-state index contributed by atoms with van der Waals surface area (Å²) in [6.07, 6.45) is 0. The van der Waals surface area contributed by atoms with Gasteiger partial charge in [-0.2, -0.15) is 11.8 Å². The van der Waals surface area contributed by atoms with Crippen LogP contribution in [0.3, 0.4) is 0 Å². The second-order valence-corrected chi connectivity index (χ2v) is 5.38. The summed E-state index contributed by atoms with van der Waals surface area (Å²) in [6.45, 7) is 5.85. The lowest BCUT2D eigenvalue weighted by atomic mass is 10.1. The summed E-state index contributed by atoms with van der Waals surface area (Å²) in [7, 11) is 0. The number of halogens is 1. The van der Waals surface area contributed by atoms with Crippen LogP contribution in [0.4, 0.5) is 10.1 Å². The van der Waals surface area contributed by atoms with Gasteiger partial charge in [-0.1, -0.05) is 6.92 Å². The van der Waals surface area contributed by atoms with E-state index in [0.717, 1.165) is 43.2 Å². The Morgan fingerprint density at radius 3 is 2.82 bits per heavy atom. The molecule has 94 valence electrons. The summed E-state index contributed by atoms with van der Waals surface area (Å²) in [6, 6.07) is 5.13. The molecular formula is C13H19FN2S. The van der Waals surface area contributed by atoms with Crippen molar-refractivity contribution >= 4 is 17.4 Å². The van der Waals surface area contributed by atoms with Crippen LogP contribution in [-0.2, 0) is 6.54 Å². The highest BCUT2D eigenvalue weighted by Crippen LogP contribution is 2.24. The molecule has 0 bridgehead atoms. The molecule has 4 heteroatoms. The summed E-state index contributed by atoms with van der Waals surface area (Å²) >= 11 is 1.99. The molecule has 0 amide bonds. The second-order valence-electron chi connectivity index (χ2n) is 4.15. The Morgan fingerprint density at radius 2 is 2.12 bits per heavy atom. The van der Waals surface area contributed by atoms with Gasteiger partial charge >= 0.3 is 0 Å². The van der Waals surface area contributed by atoms with E-state index in [1.165, 1.54) is 5.69 Å². The first-order chi connectivity index (χ1) is 8.31. The van der Waals surface area contributed by atoms with Crippen molar-refractivity contribution in [2.75, 3.05) is 36.0 Å². The third-order valence-corrected chi connectivity index (χ3v) is 3.90. The summed E-state index contributed by atoms with van der Waals surface area (Å²) in [4.78, 5) is 2.36. The molecule has 1 aromatic carbocycles. The number of nitrogens with one attached hydrogen (secondary N) is 1. The molecule has 2 nitrogen and oxygen atoms in total. The van der Waals surface area contributed by atoms with Gasteiger partial charge in [-0.25, -0.2) is 4.39 Å². The van der Waals surface area contributed by atoms with Gasteiger partial charge in [-0.05, 0) is 30.3 Å². The van der Waals surface area contributed by atoms with Crippen LogP contribution in [0, 0.1) is 5.82 Å². The van der Waals surface area contributed by atoms with Gasteiger partial charge in [0.05, 0.1) is 0 Å². The van der Waals surface area contributed by atoms with Gasteiger partial charge in [0.15, 0.2) is 0 Å². The molecule has 1 aliphatic rings. The fourth-order valence-corrected chi connectivity index (χ4v) is 2.97. The number of rotatable bonds is 4. The number of nitrogens with zero attached hydrogens (tertiary/aromatic N) is 1. The monoisotopic (exact) mass is 254 g/mol. The molecule has 0 aliphatic carbocycles. The molecule has 1 N–H and O–H groups in total. The van der Waals surface area contributed by atoms with Gasteiger partial charge in [0.1, 0.15) is 5.82 Å². The van der Waals surface area contributed by atoms with Crippen molar-refractivity contribution in [2.45, 2.75) is 13.5 Å². The van der Waals surface area contributed by atoms with E-state index >= 15 is 0 Å². The lowest BCUT2D eigenvalue weighted by Gasteiger charge is -2.30. The third-order valence-electron chi connectivity index (χ3n) is 2.96. The van der Waals surface area contributed by atoms with Crippen molar-refractivity contribution < 1.29 is 4.39 Å². The molecule has 1 saturated heterocycles. The van der Waals surface area contributed by atoms with Crippen LogP contribution >= 0.6 is 11.8 Å². The fourth-order valence-electron chi connectivity index (χ4n) is 2.07. The zero-order valence-corrected chi connectivity index (χ0v) is 11.0. The van der Waals surface area contributed by atoms with E-state index in [9.17, 15) is 4.39 Å². The maximum absolute atomic E-state index is 13.3. The molecule has 0 aromatic heterocycles. The Morgan fingerprint density at radius 1 is 1.35 bits per heavy atom. The molecule has 1 heterocycles. The Hall–Kier alpha value is -0.740. The SMILES string of the molecule is CCNCc1cc(F)ccc1N1CCSCC1. The van der Waals surface area contributed by atoms with Gasteiger partial charge in [-0.3, -0.25) is 0 Å². The second kappa shape index (κ2) is 6.26. The summed E-state index contributed by atoms with van der Waals surface area (Å²) < 4.78 is 13.3. The van der Waals surface area contributed by atoms with Crippen molar-refractivity contribution in [1.82, 2.24) is 5.32 Å². The number of anilines is 1. The van der Waals surface area contributed by atoms with Crippen LogP contribution < -0.4 is 10.2 Å². The van der Waals surface area contributed by atoms with E-state index in [-0.39, 0.29) is 5.82 Å². The average molecular weight is 254 g/mol. The van der Waals surface area contributed by atoms with Gasteiger partial charge in [-0.15, -0.1) is 0 Å². The first-order valence-electron chi connectivity index (χ1n) is 6.13. The van der Waals surface area contributed by atoms with Gasteiger partial charge in [0.25, 0.3) is 0 Å². The molecule has 0 unspecified atom stereocenters. The Balaban J connectivity index is 2.18. The molecule has 0 atom stereocenters. The number of benzene rings is 1. The number of hydrogen-bond acceptors (Lipinski definition) is 3. The summed E-state index contributed by atoms with van der Waals surface area (Å²) in [5, 5.41) is 3.27. The van der Waals surface area contributed by atoms with Crippen molar-refractivity contribution in [2.24, 2.45) is 0 Å². The lowest BCUT2D eigenvalue weighted by molar-refractivity contribution is 0.621. The first-order valence-corrected chi connectivity index (χ1v) is 7.28. The zero-order chi connectivity index (χ0) is 12.1. The van der Waals surface area contributed by atoms with E-state index in [1.807, 2.05) is 17.8 Å². The molecule has 1 aliphatic heterocycles. The van der Waals surface area contributed by atoms with Crippen molar-refractivity contribution in [3.63, 3.8) is 0 Å². The predicted molar refractivity (Wildman–Crippen MR) is 73.3 cm³/mol.